The Morgan fingerprint density at radius 1 is 1.21 bits per heavy atom. The minimum atomic E-state index is -0.0685. The Balaban J connectivity index is 1.72. The maximum absolute atomic E-state index is 12.4. The number of piperidine rings is 1. The van der Waals surface area contributed by atoms with Crippen LogP contribution in [-0.4, -0.2) is 31.9 Å². The quantitative estimate of drug-likeness (QED) is 0.742. The topological polar surface area (TPSA) is 65.5 Å². The molecule has 0 radical (unpaired) electrons. The zero-order valence-corrected chi connectivity index (χ0v) is 16.8. The Bertz CT molecular complexity index is 919. The van der Waals surface area contributed by atoms with Gasteiger partial charge >= 0.3 is 0 Å². The molecule has 0 aliphatic carbocycles. The molecule has 6 heteroatoms. The van der Waals surface area contributed by atoms with Crippen molar-refractivity contribution in [3.8, 4) is 0 Å². The van der Waals surface area contributed by atoms with Gasteiger partial charge in [0.05, 0.1) is 6.54 Å². The van der Waals surface area contributed by atoms with Gasteiger partial charge in [0.2, 0.25) is 0 Å². The van der Waals surface area contributed by atoms with Gasteiger partial charge in [-0.05, 0) is 67.7 Å². The fourth-order valence-corrected chi connectivity index (χ4v) is 4.47. The summed E-state index contributed by atoms with van der Waals surface area (Å²) in [6, 6.07) is 13.7. The second-order valence-corrected chi connectivity index (χ2v) is 7.97. The first-order chi connectivity index (χ1) is 13.6. The first kappa shape index (κ1) is 19.0. The number of fused-ring (bicyclic) bond motifs is 1. The monoisotopic (exact) mass is 396 g/mol. The van der Waals surface area contributed by atoms with E-state index in [1.807, 2.05) is 42.5 Å². The number of carbonyl (C=O) groups is 1. The molecule has 5 nitrogen and oxygen atoms in total. The smallest absolute Gasteiger partial charge is 0.251 e. The van der Waals surface area contributed by atoms with Crippen LogP contribution in [0.5, 0.6) is 0 Å². The second-order valence-electron chi connectivity index (χ2n) is 7.54. The van der Waals surface area contributed by atoms with E-state index >= 15 is 0 Å². The number of halogens is 1. The number of nitrogens with one attached hydrogen (secondary N) is 3. The number of carbonyl (C=O) groups excluding carboxylic acids is 1. The van der Waals surface area contributed by atoms with Crippen molar-refractivity contribution in [2.45, 2.75) is 25.8 Å². The molecule has 2 aliphatic heterocycles. The molecule has 2 aromatic carbocycles. The van der Waals surface area contributed by atoms with E-state index in [4.69, 9.17) is 16.6 Å². The number of nitrogens with zero attached hydrogens (tertiary/aromatic N) is 1. The van der Waals surface area contributed by atoms with Crippen molar-refractivity contribution < 1.29 is 4.79 Å². The highest BCUT2D eigenvalue weighted by molar-refractivity contribution is 6.30. The van der Waals surface area contributed by atoms with Crippen molar-refractivity contribution in [2.24, 2.45) is 10.4 Å². The summed E-state index contributed by atoms with van der Waals surface area (Å²) in [6.45, 7) is 2.49. The molecule has 2 aromatic rings. The Morgan fingerprint density at radius 3 is 2.75 bits per heavy atom. The van der Waals surface area contributed by atoms with Gasteiger partial charge in [-0.3, -0.25) is 9.79 Å². The normalized spacial score (nSPS) is 19.1. The highest BCUT2D eigenvalue weighted by Crippen LogP contribution is 2.42. The van der Waals surface area contributed by atoms with Crippen molar-refractivity contribution in [3.05, 3.63) is 64.2 Å². The van der Waals surface area contributed by atoms with Crippen LogP contribution in [0.4, 0.5) is 5.69 Å². The van der Waals surface area contributed by atoms with Crippen LogP contribution < -0.4 is 16.0 Å². The number of amides is 1. The SMILES string of the molecule is CNC(=O)c1cccc2c1CC1(CCNCC1)C(=NCc1cccc(Cl)c1)N2. The maximum Gasteiger partial charge on any atom is 0.251 e. The zero-order chi connectivity index (χ0) is 19.6. The van der Waals surface area contributed by atoms with Gasteiger partial charge in [0, 0.05) is 28.7 Å². The number of rotatable bonds is 3. The van der Waals surface area contributed by atoms with Gasteiger partial charge in [-0.2, -0.15) is 0 Å². The fourth-order valence-electron chi connectivity index (χ4n) is 4.26. The first-order valence-electron chi connectivity index (χ1n) is 9.72. The fraction of sp³-hybridized carbons (Fsp3) is 0.364. The molecule has 2 aliphatic rings. The molecule has 0 bridgehead atoms. The summed E-state index contributed by atoms with van der Waals surface area (Å²) in [7, 11) is 1.68. The van der Waals surface area contributed by atoms with Crippen LogP contribution in [0.3, 0.4) is 0 Å². The van der Waals surface area contributed by atoms with E-state index in [9.17, 15) is 4.79 Å². The lowest BCUT2D eigenvalue weighted by molar-refractivity contribution is 0.0961. The van der Waals surface area contributed by atoms with Gasteiger partial charge in [-0.15, -0.1) is 0 Å². The largest absolute Gasteiger partial charge is 0.355 e. The summed E-state index contributed by atoms with van der Waals surface area (Å²) < 4.78 is 0. The average Bonchev–Trinajstić information content (AvgIpc) is 2.72. The molecule has 1 amide bonds. The third-order valence-electron chi connectivity index (χ3n) is 5.79. The summed E-state index contributed by atoms with van der Waals surface area (Å²) in [5.41, 5.74) is 3.84. The first-order valence-corrected chi connectivity index (χ1v) is 10.1. The van der Waals surface area contributed by atoms with E-state index in [1.165, 1.54) is 0 Å². The van der Waals surface area contributed by atoms with Crippen LogP contribution in [0.25, 0.3) is 0 Å². The van der Waals surface area contributed by atoms with E-state index in [0.29, 0.717) is 6.54 Å². The lowest BCUT2D eigenvalue weighted by atomic mass is 9.70. The molecule has 3 N–H and O–H groups in total. The van der Waals surface area contributed by atoms with Gasteiger partial charge in [-0.25, -0.2) is 0 Å². The Morgan fingerprint density at radius 2 is 2.00 bits per heavy atom. The standard InChI is InChI=1S/C22H25ClN4O/c1-24-20(28)17-6-3-7-19-18(17)13-22(8-10-25-11-9-22)21(27-19)26-14-15-4-2-5-16(23)12-15/h2-7,12,25H,8-11,13-14H2,1H3,(H,24,28)(H,26,27). The van der Waals surface area contributed by atoms with E-state index in [-0.39, 0.29) is 11.3 Å². The Hall–Kier alpha value is -2.37. The molecule has 28 heavy (non-hydrogen) atoms. The second kappa shape index (κ2) is 7.94. The van der Waals surface area contributed by atoms with E-state index in [1.54, 1.807) is 7.05 Å². The third kappa shape index (κ3) is 3.64. The summed E-state index contributed by atoms with van der Waals surface area (Å²) in [4.78, 5) is 17.4. The lowest BCUT2D eigenvalue weighted by Crippen LogP contribution is -2.49. The zero-order valence-electron chi connectivity index (χ0n) is 16.0. The van der Waals surface area contributed by atoms with Crippen LogP contribution >= 0.6 is 11.6 Å². The van der Waals surface area contributed by atoms with Crippen LogP contribution in [0.1, 0.15) is 34.3 Å². The maximum atomic E-state index is 12.4. The van der Waals surface area contributed by atoms with Crippen LogP contribution in [0.2, 0.25) is 5.02 Å². The molecular formula is C22H25ClN4O. The van der Waals surface area contributed by atoms with Crippen LogP contribution in [0, 0.1) is 5.41 Å². The summed E-state index contributed by atoms with van der Waals surface area (Å²) in [5.74, 6) is 0.984. The van der Waals surface area contributed by atoms with E-state index in [2.05, 4.69) is 16.0 Å². The number of anilines is 1. The van der Waals surface area contributed by atoms with E-state index in [0.717, 1.165) is 65.6 Å². The van der Waals surface area contributed by atoms with Crippen molar-refractivity contribution in [2.75, 3.05) is 25.5 Å². The lowest BCUT2D eigenvalue weighted by Gasteiger charge is -2.43. The van der Waals surface area contributed by atoms with Gasteiger partial charge < -0.3 is 16.0 Å². The number of benzene rings is 2. The highest BCUT2D eigenvalue weighted by atomic mass is 35.5. The van der Waals surface area contributed by atoms with Gasteiger partial charge in [-0.1, -0.05) is 29.8 Å². The molecule has 0 atom stereocenters. The number of aliphatic imine (C=N–C) groups is 1. The molecular weight excluding hydrogens is 372 g/mol. The van der Waals surface area contributed by atoms with Crippen LogP contribution in [0.15, 0.2) is 47.5 Å². The highest BCUT2D eigenvalue weighted by Gasteiger charge is 2.42. The molecule has 0 saturated carbocycles. The molecule has 0 unspecified atom stereocenters. The van der Waals surface area contributed by atoms with Gasteiger partial charge in [0.1, 0.15) is 5.84 Å². The predicted molar refractivity (Wildman–Crippen MR) is 114 cm³/mol. The van der Waals surface area contributed by atoms with Crippen molar-refractivity contribution in [1.29, 1.82) is 0 Å². The molecule has 1 saturated heterocycles. The molecule has 0 aromatic heterocycles. The summed E-state index contributed by atoms with van der Waals surface area (Å²) in [6.07, 6.45) is 2.82. The van der Waals surface area contributed by atoms with Crippen molar-refractivity contribution in [1.82, 2.24) is 10.6 Å². The van der Waals surface area contributed by atoms with Gasteiger partial charge in [0.25, 0.3) is 5.91 Å². The molecule has 4 rings (SSSR count). The summed E-state index contributed by atoms with van der Waals surface area (Å²) in [5, 5.41) is 10.5. The average molecular weight is 397 g/mol. The number of hydrogen-bond donors (Lipinski definition) is 3. The molecule has 1 fully saturated rings. The molecule has 146 valence electrons. The molecule has 1 spiro atoms. The Labute approximate surface area is 170 Å². The Kier molecular flexibility index (Phi) is 5.38. The van der Waals surface area contributed by atoms with Crippen LogP contribution in [-0.2, 0) is 13.0 Å². The summed E-state index contributed by atoms with van der Waals surface area (Å²) >= 11 is 6.13. The van der Waals surface area contributed by atoms with E-state index < -0.39 is 0 Å². The number of hydrogen-bond acceptors (Lipinski definition) is 3. The third-order valence-corrected chi connectivity index (χ3v) is 6.02. The molecule has 2 heterocycles. The number of amidine groups is 1. The van der Waals surface area contributed by atoms with Crippen molar-refractivity contribution >= 4 is 29.0 Å². The van der Waals surface area contributed by atoms with Gasteiger partial charge in [0.15, 0.2) is 0 Å². The minimum absolute atomic E-state index is 0.0398. The predicted octanol–water partition coefficient (Wildman–Crippen LogP) is 3.64. The van der Waals surface area contributed by atoms with Crippen molar-refractivity contribution in [3.63, 3.8) is 0 Å². The minimum Gasteiger partial charge on any atom is -0.355 e.